The van der Waals surface area contributed by atoms with Crippen molar-refractivity contribution >= 4 is 22.1 Å². The topological polar surface area (TPSA) is 26.3 Å². The van der Waals surface area contributed by atoms with Gasteiger partial charge < -0.3 is 4.74 Å². The molecule has 4 heteroatoms. The molecule has 0 aromatic rings. The molecule has 0 atom stereocenters. The van der Waals surface area contributed by atoms with Crippen molar-refractivity contribution in [2.24, 2.45) is 0 Å². The van der Waals surface area contributed by atoms with E-state index < -0.39 is 16.1 Å². The van der Waals surface area contributed by atoms with Crippen LogP contribution in [-0.4, -0.2) is 28.2 Å². The highest BCUT2D eigenvalue weighted by Crippen LogP contribution is 2.23. The Bertz CT molecular complexity index is 269. The molecule has 100 valence electrons. The fourth-order valence-corrected chi connectivity index (χ4v) is 5.25. The summed E-state index contributed by atoms with van der Waals surface area (Å²) in [5.41, 5.74) is 0.501. The molecule has 0 unspecified atom stereocenters. The number of hydrogen-bond acceptors (Lipinski definition) is 2. The maximum Gasteiger partial charge on any atom is 0.333 e. The fourth-order valence-electron chi connectivity index (χ4n) is 1.77. The molecule has 0 spiro atoms. The average molecular weight is 273 g/mol. The largest absolute Gasteiger partial charge is 0.460 e. The van der Waals surface area contributed by atoms with Gasteiger partial charge in [-0.05, 0) is 19.0 Å². The van der Waals surface area contributed by atoms with Gasteiger partial charge >= 0.3 is 5.97 Å². The van der Waals surface area contributed by atoms with E-state index in [0.29, 0.717) is 5.57 Å². The van der Waals surface area contributed by atoms with Gasteiger partial charge in [-0.3, -0.25) is 0 Å². The maximum absolute atomic E-state index is 11.6. The monoisotopic (exact) mass is 272 g/mol. The third-order valence-electron chi connectivity index (χ3n) is 2.30. The Morgan fingerprint density at radius 1 is 1.06 bits per heavy atom. The molecule has 0 bridgehead atoms. The van der Waals surface area contributed by atoms with Gasteiger partial charge in [0, 0.05) is 21.7 Å². The Balaban J connectivity index is 4.63. The first-order chi connectivity index (χ1) is 7.41. The van der Waals surface area contributed by atoms with E-state index in [2.05, 4.69) is 45.9 Å². The van der Waals surface area contributed by atoms with Crippen LogP contribution in [0, 0.1) is 0 Å². The lowest BCUT2D eigenvalue weighted by Crippen LogP contribution is -2.35. The molecule has 17 heavy (non-hydrogen) atoms. The zero-order valence-corrected chi connectivity index (χ0v) is 14.5. The van der Waals surface area contributed by atoms with Gasteiger partial charge in [-0.2, -0.15) is 0 Å². The minimum atomic E-state index is -1.21. The molecule has 0 saturated carbocycles. The van der Waals surface area contributed by atoms with Crippen molar-refractivity contribution in [3.8, 4) is 0 Å². The highest BCUT2D eigenvalue weighted by atomic mass is 28.3. The first-order valence-corrected chi connectivity index (χ1v) is 13.7. The lowest BCUT2D eigenvalue weighted by molar-refractivity contribution is -0.142. The number of ether oxygens (including phenoxy) is 1. The molecular weight excluding hydrogens is 244 g/mol. The molecule has 0 N–H and O–H groups in total. The number of carbonyl (C=O) groups is 1. The fraction of sp³-hybridized carbons (Fsp3) is 0.769. The molecule has 0 aliphatic carbocycles. The Labute approximate surface area is 108 Å². The van der Waals surface area contributed by atoms with Crippen LogP contribution < -0.4 is 0 Å². The number of carbonyl (C=O) groups excluding carboxylic acids is 1. The van der Waals surface area contributed by atoms with Crippen molar-refractivity contribution in [2.75, 3.05) is 0 Å². The van der Waals surface area contributed by atoms with E-state index in [9.17, 15) is 4.79 Å². The molecule has 0 saturated heterocycles. The normalized spacial score (nSPS) is 12.7. The summed E-state index contributed by atoms with van der Waals surface area (Å²) in [6, 6.07) is 2.10. The molecule has 0 heterocycles. The SMILES string of the molecule is C=C(C)C(=O)OC(C[Si](C)(C)C)C[Si](C)(C)C. The minimum Gasteiger partial charge on any atom is -0.460 e. The molecule has 0 aliphatic rings. The van der Waals surface area contributed by atoms with Crippen LogP contribution in [0.15, 0.2) is 12.2 Å². The Kier molecular flexibility index (Phi) is 5.88. The predicted octanol–water partition coefficient (Wildman–Crippen LogP) is 4.15. The highest BCUT2D eigenvalue weighted by Gasteiger charge is 2.28. The van der Waals surface area contributed by atoms with Crippen LogP contribution >= 0.6 is 0 Å². The molecule has 0 aliphatic heterocycles. The minimum absolute atomic E-state index is 0.0949. The van der Waals surface area contributed by atoms with Crippen molar-refractivity contribution in [3.63, 3.8) is 0 Å². The molecule has 0 amide bonds. The average Bonchev–Trinajstić information content (AvgIpc) is 1.96. The third kappa shape index (κ3) is 9.35. The Hall–Kier alpha value is -0.356. The van der Waals surface area contributed by atoms with Crippen molar-refractivity contribution < 1.29 is 9.53 Å². The molecule has 0 fully saturated rings. The number of hydrogen-bond donors (Lipinski definition) is 0. The first-order valence-electron chi connectivity index (χ1n) is 6.27. The lowest BCUT2D eigenvalue weighted by atomic mass is 10.3. The first kappa shape index (κ1) is 16.6. The van der Waals surface area contributed by atoms with Crippen LogP contribution in [0.1, 0.15) is 6.92 Å². The summed E-state index contributed by atoms with van der Waals surface area (Å²) in [6.45, 7) is 19.3. The molecule has 0 aromatic heterocycles. The van der Waals surface area contributed by atoms with E-state index in [1.54, 1.807) is 6.92 Å². The summed E-state index contributed by atoms with van der Waals surface area (Å²) in [6.07, 6.45) is 0.0949. The molecule has 2 nitrogen and oxygen atoms in total. The van der Waals surface area contributed by atoms with E-state index in [4.69, 9.17) is 4.74 Å². The summed E-state index contributed by atoms with van der Waals surface area (Å²) in [5, 5.41) is 0. The number of rotatable bonds is 6. The zero-order chi connectivity index (χ0) is 13.9. The van der Waals surface area contributed by atoms with E-state index in [0.717, 1.165) is 12.1 Å². The molecular formula is C13H28O2Si2. The van der Waals surface area contributed by atoms with Gasteiger partial charge in [0.25, 0.3) is 0 Å². The van der Waals surface area contributed by atoms with Gasteiger partial charge in [0.1, 0.15) is 0 Å². The second-order valence-corrected chi connectivity index (χ2v) is 18.4. The maximum atomic E-state index is 11.6. The van der Waals surface area contributed by atoms with Gasteiger partial charge in [0.2, 0.25) is 0 Å². The second kappa shape index (κ2) is 6.00. The summed E-state index contributed by atoms with van der Waals surface area (Å²) in [5.74, 6) is -0.230. The van der Waals surface area contributed by atoms with E-state index >= 15 is 0 Å². The third-order valence-corrected chi connectivity index (χ3v) is 5.66. The number of esters is 1. The molecule has 0 radical (unpaired) electrons. The van der Waals surface area contributed by atoms with Gasteiger partial charge in [-0.1, -0.05) is 45.9 Å². The van der Waals surface area contributed by atoms with E-state index in [1.165, 1.54) is 0 Å². The van der Waals surface area contributed by atoms with Crippen molar-refractivity contribution in [3.05, 3.63) is 12.2 Å². The summed E-state index contributed by atoms with van der Waals surface area (Å²) in [7, 11) is -2.41. The predicted molar refractivity (Wildman–Crippen MR) is 81.0 cm³/mol. The van der Waals surface area contributed by atoms with Crippen LogP contribution in [0.2, 0.25) is 51.4 Å². The molecule has 0 aromatic carbocycles. The van der Waals surface area contributed by atoms with Gasteiger partial charge in [-0.15, -0.1) is 0 Å². The van der Waals surface area contributed by atoms with Crippen LogP contribution in [0.4, 0.5) is 0 Å². The van der Waals surface area contributed by atoms with Crippen LogP contribution in [0.5, 0.6) is 0 Å². The standard InChI is InChI=1S/C13H28O2Si2/c1-11(2)13(14)15-12(9-16(3,4)5)10-17(6,7)8/h12H,1,9-10H2,2-8H3. The summed E-state index contributed by atoms with van der Waals surface area (Å²) >= 11 is 0. The Morgan fingerprint density at radius 2 is 1.41 bits per heavy atom. The van der Waals surface area contributed by atoms with Crippen molar-refractivity contribution in [2.45, 2.75) is 64.4 Å². The smallest absolute Gasteiger partial charge is 0.333 e. The molecule has 0 rings (SSSR count). The lowest BCUT2D eigenvalue weighted by Gasteiger charge is -2.29. The van der Waals surface area contributed by atoms with Crippen molar-refractivity contribution in [1.82, 2.24) is 0 Å². The Morgan fingerprint density at radius 3 is 1.65 bits per heavy atom. The van der Waals surface area contributed by atoms with Crippen LogP contribution in [0.25, 0.3) is 0 Å². The quantitative estimate of drug-likeness (QED) is 0.412. The summed E-state index contributed by atoms with van der Waals surface area (Å²) < 4.78 is 5.59. The second-order valence-electron chi connectivity index (χ2n) is 7.34. The van der Waals surface area contributed by atoms with Crippen molar-refractivity contribution in [1.29, 1.82) is 0 Å². The summed E-state index contributed by atoms with van der Waals surface area (Å²) in [4.78, 5) is 11.6. The van der Waals surface area contributed by atoms with Crippen LogP contribution in [-0.2, 0) is 9.53 Å². The van der Waals surface area contributed by atoms with Crippen LogP contribution in [0.3, 0.4) is 0 Å². The van der Waals surface area contributed by atoms with E-state index in [1.807, 2.05) is 0 Å². The van der Waals surface area contributed by atoms with Gasteiger partial charge in [0.15, 0.2) is 0 Å². The highest BCUT2D eigenvalue weighted by molar-refractivity contribution is 6.78. The van der Waals surface area contributed by atoms with Gasteiger partial charge in [-0.25, -0.2) is 4.79 Å². The van der Waals surface area contributed by atoms with E-state index in [-0.39, 0.29) is 12.1 Å². The zero-order valence-electron chi connectivity index (χ0n) is 12.5. The van der Waals surface area contributed by atoms with Gasteiger partial charge in [0.05, 0.1) is 6.10 Å².